The summed E-state index contributed by atoms with van der Waals surface area (Å²) in [6, 6.07) is 14.8. The molecule has 1 aliphatic rings. The molecule has 0 bridgehead atoms. The lowest BCUT2D eigenvalue weighted by Crippen LogP contribution is -2.23. The van der Waals surface area contributed by atoms with Crippen LogP contribution in [0, 0.1) is 5.41 Å². The molecule has 21 heavy (non-hydrogen) atoms. The van der Waals surface area contributed by atoms with E-state index in [-0.39, 0.29) is 30.2 Å². The molecule has 0 spiro atoms. The van der Waals surface area contributed by atoms with Crippen molar-refractivity contribution in [2.75, 3.05) is 0 Å². The van der Waals surface area contributed by atoms with Crippen molar-refractivity contribution >= 4 is 30.9 Å². The van der Waals surface area contributed by atoms with E-state index in [2.05, 4.69) is 67.4 Å². The van der Waals surface area contributed by atoms with Gasteiger partial charge in [0, 0.05) is 17.8 Å². The summed E-state index contributed by atoms with van der Waals surface area (Å²) in [7, 11) is 0. The van der Waals surface area contributed by atoms with E-state index in [0.717, 1.165) is 6.42 Å². The molecule has 0 fully saturated rings. The lowest BCUT2D eigenvalue weighted by Gasteiger charge is -2.31. The first-order chi connectivity index (χ1) is 9.17. The number of aromatic nitrogens is 1. The summed E-state index contributed by atoms with van der Waals surface area (Å²) in [5.74, 6) is 0.478. The monoisotopic (exact) mass is 321 g/mol. The number of fused-ring (bicyclic) bond motifs is 1. The molecule has 3 heteroatoms. The largest absolute Gasteiger partial charge is 0.261 e. The maximum atomic E-state index is 4.47. The van der Waals surface area contributed by atoms with Crippen LogP contribution in [0.5, 0.6) is 0 Å². The van der Waals surface area contributed by atoms with E-state index in [0.29, 0.717) is 5.92 Å². The summed E-state index contributed by atoms with van der Waals surface area (Å²) in [5.41, 5.74) is 4.16. The van der Waals surface area contributed by atoms with Crippen molar-refractivity contribution in [1.29, 1.82) is 0 Å². The van der Waals surface area contributed by atoms with Gasteiger partial charge in [-0.25, -0.2) is 0 Å². The minimum absolute atomic E-state index is 0. The van der Waals surface area contributed by atoms with Crippen molar-refractivity contribution in [3.63, 3.8) is 0 Å². The molecule has 1 aliphatic carbocycles. The van der Waals surface area contributed by atoms with Gasteiger partial charge in [-0.05, 0) is 35.1 Å². The van der Waals surface area contributed by atoms with E-state index in [4.69, 9.17) is 0 Å². The van der Waals surface area contributed by atoms with Crippen molar-refractivity contribution in [2.45, 2.75) is 26.2 Å². The van der Waals surface area contributed by atoms with Crippen LogP contribution in [0.2, 0.25) is 0 Å². The van der Waals surface area contributed by atoms with Crippen LogP contribution in [0.25, 0.3) is 6.08 Å². The predicted octanol–water partition coefficient (Wildman–Crippen LogP) is 5.30. The zero-order chi connectivity index (χ0) is 13.3. The second kappa shape index (κ2) is 7.11. The molecule has 112 valence electrons. The van der Waals surface area contributed by atoms with Gasteiger partial charge in [0.2, 0.25) is 0 Å². The highest BCUT2D eigenvalue weighted by molar-refractivity contribution is 5.85. The molecular formula is C18H21Cl2N. The van der Waals surface area contributed by atoms with E-state index < -0.39 is 0 Å². The number of hydrogen-bond acceptors (Lipinski definition) is 1. The van der Waals surface area contributed by atoms with Crippen LogP contribution >= 0.6 is 24.8 Å². The van der Waals surface area contributed by atoms with Crippen molar-refractivity contribution in [2.24, 2.45) is 5.41 Å². The zero-order valence-corrected chi connectivity index (χ0v) is 14.0. The van der Waals surface area contributed by atoms with Crippen LogP contribution in [0.1, 0.15) is 36.6 Å². The van der Waals surface area contributed by atoms with E-state index in [1.165, 1.54) is 16.8 Å². The van der Waals surface area contributed by atoms with E-state index in [1.54, 1.807) is 0 Å². The van der Waals surface area contributed by atoms with Crippen LogP contribution in [0.4, 0.5) is 0 Å². The summed E-state index contributed by atoms with van der Waals surface area (Å²) in [5, 5.41) is 0. The highest BCUT2D eigenvalue weighted by atomic mass is 35.5. The first-order valence-corrected chi connectivity index (χ1v) is 6.84. The minimum atomic E-state index is 0. The van der Waals surface area contributed by atoms with Gasteiger partial charge in [-0.1, -0.05) is 56.3 Å². The Balaban J connectivity index is 0.00000110. The summed E-state index contributed by atoms with van der Waals surface area (Å²) in [4.78, 5) is 4.47. The molecular weight excluding hydrogens is 301 g/mol. The quantitative estimate of drug-likeness (QED) is 0.747. The molecule has 0 radical (unpaired) electrons. The molecule has 0 saturated heterocycles. The molecule has 1 aromatic heterocycles. The maximum absolute atomic E-state index is 4.47. The predicted molar refractivity (Wildman–Crippen MR) is 94.4 cm³/mol. The van der Waals surface area contributed by atoms with Crippen molar-refractivity contribution in [3.8, 4) is 0 Å². The average molecular weight is 322 g/mol. The van der Waals surface area contributed by atoms with Gasteiger partial charge >= 0.3 is 0 Å². The number of allylic oxidation sites excluding steroid dienone is 1. The van der Waals surface area contributed by atoms with Crippen LogP contribution in [-0.2, 0) is 6.42 Å². The fourth-order valence-electron chi connectivity index (χ4n) is 3.01. The molecule has 3 rings (SSSR count). The molecule has 0 aliphatic heterocycles. The first-order valence-electron chi connectivity index (χ1n) is 6.84. The number of benzene rings is 1. The van der Waals surface area contributed by atoms with Gasteiger partial charge in [-0.3, -0.25) is 4.98 Å². The van der Waals surface area contributed by atoms with Crippen LogP contribution < -0.4 is 0 Å². The number of hydrogen-bond donors (Lipinski definition) is 0. The smallest absolute Gasteiger partial charge is 0.0409 e. The highest BCUT2D eigenvalue weighted by Crippen LogP contribution is 2.44. The van der Waals surface area contributed by atoms with Crippen molar-refractivity contribution in [1.82, 2.24) is 4.98 Å². The highest BCUT2D eigenvalue weighted by Gasteiger charge is 2.32. The molecule has 1 atom stereocenters. The average Bonchev–Trinajstić information content (AvgIpc) is 2.84. The Labute approximate surface area is 139 Å². The fraction of sp³-hybridized carbons (Fsp3) is 0.278. The van der Waals surface area contributed by atoms with Gasteiger partial charge in [0.15, 0.2) is 0 Å². The number of halogens is 2. The van der Waals surface area contributed by atoms with E-state index in [9.17, 15) is 0 Å². The van der Waals surface area contributed by atoms with E-state index in [1.807, 2.05) is 12.3 Å². The van der Waals surface area contributed by atoms with Crippen LogP contribution in [0.3, 0.4) is 0 Å². The molecule has 1 heterocycles. The third kappa shape index (κ3) is 3.66. The molecule has 0 amide bonds. The number of nitrogens with zero attached hydrogens (tertiary/aromatic N) is 1. The maximum Gasteiger partial charge on any atom is 0.0409 e. The second-order valence-electron chi connectivity index (χ2n) is 5.95. The molecule has 1 aromatic carbocycles. The van der Waals surface area contributed by atoms with Crippen molar-refractivity contribution in [3.05, 3.63) is 71.6 Å². The Morgan fingerprint density at radius 3 is 2.43 bits per heavy atom. The number of rotatable bonds is 3. The molecule has 1 unspecified atom stereocenters. The zero-order valence-electron chi connectivity index (χ0n) is 12.3. The Morgan fingerprint density at radius 1 is 1.00 bits per heavy atom. The molecule has 0 N–H and O–H groups in total. The standard InChI is InChI=1S/C18H19N.2ClH/c1-18(2,13-15-8-5-6-12-19-15)17-11-10-14-7-3-4-9-16(14)17;;/h3-12,17H,13H2,1-2H3;2*1H. The van der Waals surface area contributed by atoms with Gasteiger partial charge in [-0.15, -0.1) is 24.8 Å². The summed E-state index contributed by atoms with van der Waals surface area (Å²) < 4.78 is 0. The van der Waals surface area contributed by atoms with Gasteiger partial charge in [-0.2, -0.15) is 0 Å². The second-order valence-corrected chi connectivity index (χ2v) is 5.95. The van der Waals surface area contributed by atoms with Crippen LogP contribution in [0.15, 0.2) is 54.7 Å². The minimum Gasteiger partial charge on any atom is -0.261 e. The Hall–Kier alpha value is -1.31. The SMILES string of the molecule is CC(C)(Cc1ccccn1)C1C=Cc2ccccc21.Cl.Cl. The lowest BCUT2D eigenvalue weighted by molar-refractivity contribution is 0.321. The van der Waals surface area contributed by atoms with Crippen LogP contribution in [-0.4, -0.2) is 4.98 Å². The van der Waals surface area contributed by atoms with Gasteiger partial charge in [0.05, 0.1) is 0 Å². The fourth-order valence-corrected chi connectivity index (χ4v) is 3.01. The summed E-state index contributed by atoms with van der Waals surface area (Å²) >= 11 is 0. The Bertz CT molecular complexity index is 606. The normalized spacial score (nSPS) is 15.8. The first kappa shape index (κ1) is 17.7. The Kier molecular flexibility index (Phi) is 6.00. The van der Waals surface area contributed by atoms with Gasteiger partial charge in [0.1, 0.15) is 0 Å². The summed E-state index contributed by atoms with van der Waals surface area (Å²) in [6.07, 6.45) is 7.47. The lowest BCUT2D eigenvalue weighted by atomic mass is 9.73. The topological polar surface area (TPSA) is 12.9 Å². The Morgan fingerprint density at radius 2 is 1.71 bits per heavy atom. The van der Waals surface area contributed by atoms with E-state index >= 15 is 0 Å². The van der Waals surface area contributed by atoms with Crippen molar-refractivity contribution < 1.29 is 0 Å². The molecule has 0 saturated carbocycles. The molecule has 2 aromatic rings. The number of pyridine rings is 1. The third-order valence-corrected chi connectivity index (χ3v) is 4.00. The summed E-state index contributed by atoms with van der Waals surface area (Å²) in [6.45, 7) is 4.66. The molecule has 1 nitrogen and oxygen atoms in total. The third-order valence-electron chi connectivity index (χ3n) is 4.00. The van der Waals surface area contributed by atoms with Gasteiger partial charge < -0.3 is 0 Å². The van der Waals surface area contributed by atoms with Gasteiger partial charge in [0.25, 0.3) is 0 Å².